The van der Waals surface area contributed by atoms with E-state index in [9.17, 15) is 0 Å². The SMILES string of the molecule is CC(C)CNCCC(C)N1CCCSCC1. The molecule has 0 spiro atoms. The van der Waals surface area contributed by atoms with E-state index >= 15 is 0 Å². The maximum atomic E-state index is 3.54. The molecule has 96 valence electrons. The molecule has 0 aromatic carbocycles. The van der Waals surface area contributed by atoms with Gasteiger partial charge in [-0.1, -0.05) is 13.8 Å². The summed E-state index contributed by atoms with van der Waals surface area (Å²) < 4.78 is 0. The van der Waals surface area contributed by atoms with Crippen molar-refractivity contribution in [3.63, 3.8) is 0 Å². The summed E-state index contributed by atoms with van der Waals surface area (Å²) >= 11 is 2.11. The summed E-state index contributed by atoms with van der Waals surface area (Å²) in [4.78, 5) is 2.66. The minimum absolute atomic E-state index is 0.748. The second kappa shape index (κ2) is 8.37. The highest BCUT2D eigenvalue weighted by molar-refractivity contribution is 7.99. The van der Waals surface area contributed by atoms with Crippen molar-refractivity contribution in [2.75, 3.05) is 37.7 Å². The Balaban J connectivity index is 2.10. The number of nitrogens with one attached hydrogen (secondary N) is 1. The Morgan fingerprint density at radius 1 is 1.19 bits per heavy atom. The van der Waals surface area contributed by atoms with Crippen LogP contribution in [-0.2, 0) is 0 Å². The van der Waals surface area contributed by atoms with Gasteiger partial charge in [-0.2, -0.15) is 11.8 Å². The normalized spacial score (nSPS) is 21.0. The van der Waals surface area contributed by atoms with Crippen LogP contribution < -0.4 is 5.32 Å². The van der Waals surface area contributed by atoms with Gasteiger partial charge >= 0.3 is 0 Å². The Labute approximate surface area is 106 Å². The second-order valence-electron chi connectivity index (χ2n) is 5.24. The number of thioether (sulfide) groups is 1. The fraction of sp³-hybridized carbons (Fsp3) is 1.00. The smallest absolute Gasteiger partial charge is 0.00793 e. The molecule has 16 heavy (non-hydrogen) atoms. The molecule has 0 aliphatic carbocycles. The van der Waals surface area contributed by atoms with E-state index in [0.29, 0.717) is 0 Å². The van der Waals surface area contributed by atoms with Crippen molar-refractivity contribution in [1.82, 2.24) is 10.2 Å². The van der Waals surface area contributed by atoms with E-state index in [-0.39, 0.29) is 0 Å². The first-order valence-corrected chi connectivity index (χ1v) is 7.88. The maximum absolute atomic E-state index is 3.54. The average molecular weight is 244 g/mol. The first-order valence-electron chi connectivity index (χ1n) is 6.72. The van der Waals surface area contributed by atoms with E-state index in [1.807, 2.05) is 0 Å². The highest BCUT2D eigenvalue weighted by atomic mass is 32.2. The maximum Gasteiger partial charge on any atom is 0.00793 e. The van der Waals surface area contributed by atoms with Gasteiger partial charge in [0, 0.05) is 18.3 Å². The average Bonchev–Trinajstić information content (AvgIpc) is 2.52. The lowest BCUT2D eigenvalue weighted by Gasteiger charge is -2.27. The largest absolute Gasteiger partial charge is 0.316 e. The van der Waals surface area contributed by atoms with E-state index in [4.69, 9.17) is 0 Å². The summed E-state index contributed by atoms with van der Waals surface area (Å²) in [5.74, 6) is 3.45. The van der Waals surface area contributed by atoms with Crippen LogP contribution in [0.1, 0.15) is 33.6 Å². The highest BCUT2D eigenvalue weighted by Crippen LogP contribution is 2.13. The molecule has 0 radical (unpaired) electrons. The van der Waals surface area contributed by atoms with Gasteiger partial charge in [-0.15, -0.1) is 0 Å². The van der Waals surface area contributed by atoms with E-state index in [0.717, 1.165) is 18.5 Å². The van der Waals surface area contributed by atoms with Gasteiger partial charge in [-0.25, -0.2) is 0 Å². The van der Waals surface area contributed by atoms with Crippen LogP contribution in [0.3, 0.4) is 0 Å². The zero-order chi connectivity index (χ0) is 11.8. The van der Waals surface area contributed by atoms with E-state index in [1.54, 1.807) is 0 Å². The van der Waals surface area contributed by atoms with Gasteiger partial charge in [0.05, 0.1) is 0 Å². The highest BCUT2D eigenvalue weighted by Gasteiger charge is 2.15. The molecule has 1 saturated heterocycles. The summed E-state index contributed by atoms with van der Waals surface area (Å²) in [5.41, 5.74) is 0. The first kappa shape index (κ1) is 14.3. The third kappa shape index (κ3) is 6.12. The van der Waals surface area contributed by atoms with Gasteiger partial charge < -0.3 is 5.32 Å². The molecular formula is C13H28N2S. The molecule has 3 heteroatoms. The second-order valence-corrected chi connectivity index (χ2v) is 6.46. The molecule has 1 unspecified atom stereocenters. The lowest BCUT2D eigenvalue weighted by molar-refractivity contribution is 0.214. The number of nitrogens with zero attached hydrogens (tertiary/aromatic N) is 1. The molecule has 0 aromatic heterocycles. The first-order chi connectivity index (χ1) is 7.70. The Bertz CT molecular complexity index is 165. The van der Waals surface area contributed by atoms with Crippen LogP contribution in [0.4, 0.5) is 0 Å². The van der Waals surface area contributed by atoms with Crippen LogP contribution in [0.25, 0.3) is 0 Å². The Hall–Kier alpha value is 0.270. The van der Waals surface area contributed by atoms with E-state index < -0.39 is 0 Å². The Morgan fingerprint density at radius 3 is 2.75 bits per heavy atom. The predicted octanol–water partition coefficient (Wildman–Crippen LogP) is 2.45. The molecule has 1 rings (SSSR count). The lowest BCUT2D eigenvalue weighted by Crippen LogP contribution is -2.37. The quantitative estimate of drug-likeness (QED) is 0.723. The molecule has 0 saturated carbocycles. The number of rotatable bonds is 6. The number of hydrogen-bond donors (Lipinski definition) is 1. The molecule has 1 N–H and O–H groups in total. The third-order valence-corrected chi connectivity index (χ3v) is 4.22. The summed E-state index contributed by atoms with van der Waals surface area (Å²) in [6.45, 7) is 11.8. The van der Waals surface area contributed by atoms with Crippen LogP contribution >= 0.6 is 11.8 Å². The van der Waals surface area contributed by atoms with Gasteiger partial charge in [0.1, 0.15) is 0 Å². The molecule has 1 heterocycles. The lowest BCUT2D eigenvalue weighted by atomic mass is 10.1. The molecule has 0 bridgehead atoms. The van der Waals surface area contributed by atoms with E-state index in [1.165, 1.54) is 44.0 Å². The Kier molecular flexibility index (Phi) is 7.50. The van der Waals surface area contributed by atoms with Crippen molar-refractivity contribution in [3.8, 4) is 0 Å². The molecule has 1 aliphatic rings. The third-order valence-electron chi connectivity index (χ3n) is 3.17. The van der Waals surface area contributed by atoms with Gasteiger partial charge in [-0.05, 0) is 51.1 Å². The fourth-order valence-electron chi connectivity index (χ4n) is 2.09. The van der Waals surface area contributed by atoms with Gasteiger partial charge in [-0.3, -0.25) is 4.90 Å². The van der Waals surface area contributed by atoms with Gasteiger partial charge in [0.25, 0.3) is 0 Å². The number of hydrogen-bond acceptors (Lipinski definition) is 3. The Morgan fingerprint density at radius 2 is 2.00 bits per heavy atom. The predicted molar refractivity (Wildman–Crippen MR) is 75.3 cm³/mol. The molecule has 0 amide bonds. The van der Waals surface area contributed by atoms with Crippen LogP contribution in [0.5, 0.6) is 0 Å². The van der Waals surface area contributed by atoms with Crippen molar-refractivity contribution in [2.24, 2.45) is 5.92 Å². The van der Waals surface area contributed by atoms with Crippen molar-refractivity contribution >= 4 is 11.8 Å². The van der Waals surface area contributed by atoms with Crippen LogP contribution in [0.15, 0.2) is 0 Å². The molecule has 0 aromatic rings. The minimum atomic E-state index is 0.748. The zero-order valence-corrected chi connectivity index (χ0v) is 12.0. The summed E-state index contributed by atoms with van der Waals surface area (Å²) in [5, 5.41) is 3.54. The summed E-state index contributed by atoms with van der Waals surface area (Å²) in [6.07, 6.45) is 2.66. The molecule has 1 aliphatic heterocycles. The monoisotopic (exact) mass is 244 g/mol. The van der Waals surface area contributed by atoms with Crippen molar-refractivity contribution < 1.29 is 0 Å². The van der Waals surface area contributed by atoms with Gasteiger partial charge in [0.15, 0.2) is 0 Å². The summed E-state index contributed by atoms with van der Waals surface area (Å²) in [6, 6.07) is 0.748. The molecule has 1 atom stereocenters. The minimum Gasteiger partial charge on any atom is -0.316 e. The standard InChI is InChI=1S/C13H28N2S/c1-12(2)11-14-6-5-13(3)15-7-4-9-16-10-8-15/h12-14H,4-11H2,1-3H3. The van der Waals surface area contributed by atoms with Crippen molar-refractivity contribution in [1.29, 1.82) is 0 Å². The topological polar surface area (TPSA) is 15.3 Å². The van der Waals surface area contributed by atoms with Crippen LogP contribution in [0, 0.1) is 5.92 Å². The zero-order valence-electron chi connectivity index (χ0n) is 11.2. The molecule has 2 nitrogen and oxygen atoms in total. The van der Waals surface area contributed by atoms with Crippen LogP contribution in [0.2, 0.25) is 0 Å². The van der Waals surface area contributed by atoms with E-state index in [2.05, 4.69) is 42.7 Å². The summed E-state index contributed by atoms with van der Waals surface area (Å²) in [7, 11) is 0. The van der Waals surface area contributed by atoms with Crippen LogP contribution in [-0.4, -0.2) is 48.6 Å². The molecule has 1 fully saturated rings. The van der Waals surface area contributed by atoms with Gasteiger partial charge in [0.2, 0.25) is 0 Å². The molecular weight excluding hydrogens is 216 g/mol. The van der Waals surface area contributed by atoms with Crippen molar-refractivity contribution in [3.05, 3.63) is 0 Å². The fourth-order valence-corrected chi connectivity index (χ4v) is 2.99. The van der Waals surface area contributed by atoms with Crippen molar-refractivity contribution in [2.45, 2.75) is 39.7 Å².